The number of aromatic nitrogens is 2. The maximum Gasteiger partial charge on any atom is 0.290 e. The Balaban J connectivity index is 0.000000647. The van der Waals surface area contributed by atoms with Gasteiger partial charge >= 0.3 is 0 Å². The number of nitrogens with one attached hydrogen (secondary N) is 2. The molecule has 0 unspecified atom stereocenters. The van der Waals surface area contributed by atoms with Crippen molar-refractivity contribution < 1.29 is 14.7 Å². The van der Waals surface area contributed by atoms with Crippen LogP contribution in [-0.2, 0) is 22.6 Å². The third-order valence-corrected chi connectivity index (χ3v) is 4.83. The molecule has 0 bridgehead atoms. The molecule has 1 aliphatic heterocycles. The monoisotopic (exact) mass is 336 g/mol. The lowest BCUT2D eigenvalue weighted by Gasteiger charge is -2.27. The SMILES string of the molecule is Cc1[nH]nc2c1CN(CCC(=O)NC1CCCCC1)CC2.O=CO. The molecule has 3 rings (SSSR count). The van der Waals surface area contributed by atoms with E-state index in [1.165, 1.54) is 36.2 Å². The Bertz CT molecular complexity index is 538. The highest BCUT2D eigenvalue weighted by molar-refractivity contribution is 5.76. The third kappa shape index (κ3) is 5.33. The predicted molar refractivity (Wildman–Crippen MR) is 90.6 cm³/mol. The van der Waals surface area contributed by atoms with Crippen LogP contribution in [-0.4, -0.2) is 51.7 Å². The second kappa shape index (κ2) is 9.42. The summed E-state index contributed by atoms with van der Waals surface area (Å²) in [6, 6.07) is 0.426. The second-order valence-electron chi connectivity index (χ2n) is 6.56. The van der Waals surface area contributed by atoms with Gasteiger partial charge in [0.25, 0.3) is 6.47 Å². The first-order valence-electron chi connectivity index (χ1n) is 8.76. The number of amides is 1. The van der Waals surface area contributed by atoms with Crippen LogP contribution in [0.2, 0.25) is 0 Å². The zero-order chi connectivity index (χ0) is 17.4. The van der Waals surface area contributed by atoms with E-state index < -0.39 is 0 Å². The molecule has 0 spiro atoms. The van der Waals surface area contributed by atoms with E-state index in [1.54, 1.807) is 0 Å². The highest BCUT2D eigenvalue weighted by atomic mass is 16.3. The lowest BCUT2D eigenvalue weighted by atomic mass is 9.95. The van der Waals surface area contributed by atoms with E-state index in [1.807, 2.05) is 0 Å². The van der Waals surface area contributed by atoms with E-state index in [0.717, 1.165) is 38.9 Å². The molecule has 1 aromatic rings. The number of rotatable bonds is 4. The number of aryl methyl sites for hydroxylation is 1. The number of fused-ring (bicyclic) bond motifs is 1. The Morgan fingerprint density at radius 2 is 2.12 bits per heavy atom. The molecule has 7 nitrogen and oxygen atoms in total. The van der Waals surface area contributed by atoms with Crippen LogP contribution in [0.25, 0.3) is 0 Å². The largest absolute Gasteiger partial charge is 0.483 e. The van der Waals surface area contributed by atoms with Crippen molar-refractivity contribution in [2.45, 2.75) is 64.5 Å². The summed E-state index contributed by atoms with van der Waals surface area (Å²) < 4.78 is 0. The number of H-pyrrole nitrogens is 1. The van der Waals surface area contributed by atoms with Crippen LogP contribution in [0.4, 0.5) is 0 Å². The van der Waals surface area contributed by atoms with Crippen LogP contribution in [0.1, 0.15) is 55.5 Å². The Kier molecular flexibility index (Phi) is 7.24. The fourth-order valence-corrected chi connectivity index (χ4v) is 3.48. The summed E-state index contributed by atoms with van der Waals surface area (Å²) in [6.45, 7) is 4.61. The zero-order valence-electron chi connectivity index (χ0n) is 14.4. The lowest BCUT2D eigenvalue weighted by Crippen LogP contribution is -2.39. The smallest absolute Gasteiger partial charge is 0.290 e. The molecule has 134 valence electrons. The van der Waals surface area contributed by atoms with Crippen LogP contribution < -0.4 is 5.32 Å². The molecule has 1 aromatic heterocycles. The minimum atomic E-state index is -0.250. The topological polar surface area (TPSA) is 98.3 Å². The van der Waals surface area contributed by atoms with Crippen molar-refractivity contribution >= 4 is 12.4 Å². The van der Waals surface area contributed by atoms with Gasteiger partial charge in [-0.2, -0.15) is 5.10 Å². The normalized spacial score (nSPS) is 18.2. The van der Waals surface area contributed by atoms with Crippen molar-refractivity contribution in [1.29, 1.82) is 0 Å². The maximum atomic E-state index is 12.1. The number of nitrogens with zero attached hydrogens (tertiary/aromatic N) is 2. The number of hydrogen-bond donors (Lipinski definition) is 3. The highest BCUT2D eigenvalue weighted by Crippen LogP contribution is 2.20. The summed E-state index contributed by atoms with van der Waals surface area (Å²) in [4.78, 5) is 22.8. The van der Waals surface area contributed by atoms with Crippen LogP contribution in [0.5, 0.6) is 0 Å². The van der Waals surface area contributed by atoms with Crippen LogP contribution >= 0.6 is 0 Å². The van der Waals surface area contributed by atoms with E-state index in [4.69, 9.17) is 9.90 Å². The van der Waals surface area contributed by atoms with Gasteiger partial charge in [-0.3, -0.25) is 19.6 Å². The maximum absolute atomic E-state index is 12.1. The average molecular weight is 336 g/mol. The Hall–Kier alpha value is -1.89. The number of hydrogen-bond acceptors (Lipinski definition) is 4. The second-order valence-corrected chi connectivity index (χ2v) is 6.56. The van der Waals surface area contributed by atoms with Gasteiger partial charge in [0, 0.05) is 49.8 Å². The van der Waals surface area contributed by atoms with E-state index in [9.17, 15) is 4.79 Å². The molecule has 24 heavy (non-hydrogen) atoms. The molecule has 7 heteroatoms. The van der Waals surface area contributed by atoms with Gasteiger partial charge in [0.1, 0.15) is 0 Å². The first-order valence-corrected chi connectivity index (χ1v) is 8.76. The Morgan fingerprint density at radius 3 is 2.83 bits per heavy atom. The minimum absolute atomic E-state index is 0.219. The summed E-state index contributed by atoms with van der Waals surface area (Å²) in [6.07, 6.45) is 7.78. The molecule has 0 aromatic carbocycles. The van der Waals surface area contributed by atoms with Crippen molar-refractivity contribution in [3.05, 3.63) is 17.0 Å². The Labute approximate surface area is 142 Å². The van der Waals surface area contributed by atoms with Gasteiger partial charge in [-0.05, 0) is 19.8 Å². The third-order valence-electron chi connectivity index (χ3n) is 4.83. The fourth-order valence-electron chi connectivity index (χ4n) is 3.48. The van der Waals surface area contributed by atoms with Crippen LogP contribution in [0.15, 0.2) is 0 Å². The molecule has 0 radical (unpaired) electrons. The summed E-state index contributed by atoms with van der Waals surface area (Å²) >= 11 is 0. The van der Waals surface area contributed by atoms with Gasteiger partial charge < -0.3 is 10.4 Å². The summed E-state index contributed by atoms with van der Waals surface area (Å²) in [5.41, 5.74) is 3.70. The molecule has 1 amide bonds. The van der Waals surface area contributed by atoms with Gasteiger partial charge in [0.2, 0.25) is 5.91 Å². The molecular formula is C17H28N4O3. The molecule has 1 saturated carbocycles. The number of carboxylic acid groups (broad SMARTS) is 1. The molecule has 3 N–H and O–H groups in total. The Morgan fingerprint density at radius 1 is 1.42 bits per heavy atom. The molecule has 2 heterocycles. The quantitative estimate of drug-likeness (QED) is 0.726. The zero-order valence-corrected chi connectivity index (χ0v) is 14.4. The van der Waals surface area contributed by atoms with Crippen molar-refractivity contribution in [3.8, 4) is 0 Å². The number of aromatic amines is 1. The summed E-state index contributed by atoms with van der Waals surface area (Å²) in [5, 5.41) is 17.5. The summed E-state index contributed by atoms with van der Waals surface area (Å²) in [5.74, 6) is 0.219. The first-order chi connectivity index (χ1) is 11.6. The van der Waals surface area contributed by atoms with Crippen molar-refractivity contribution in [1.82, 2.24) is 20.4 Å². The van der Waals surface area contributed by atoms with Gasteiger partial charge in [-0.15, -0.1) is 0 Å². The minimum Gasteiger partial charge on any atom is -0.483 e. The van der Waals surface area contributed by atoms with E-state index >= 15 is 0 Å². The lowest BCUT2D eigenvalue weighted by molar-refractivity contribution is -0.123. The van der Waals surface area contributed by atoms with Gasteiger partial charge in [-0.25, -0.2) is 0 Å². The fraction of sp³-hybridized carbons (Fsp3) is 0.706. The van der Waals surface area contributed by atoms with Crippen LogP contribution in [0.3, 0.4) is 0 Å². The van der Waals surface area contributed by atoms with E-state index in [2.05, 4.69) is 27.3 Å². The molecular weight excluding hydrogens is 308 g/mol. The van der Waals surface area contributed by atoms with Crippen LogP contribution in [0, 0.1) is 6.92 Å². The van der Waals surface area contributed by atoms with Crippen molar-refractivity contribution in [2.75, 3.05) is 13.1 Å². The molecule has 1 fully saturated rings. The molecule has 1 aliphatic carbocycles. The molecule has 0 atom stereocenters. The van der Waals surface area contributed by atoms with Crippen molar-refractivity contribution in [2.24, 2.45) is 0 Å². The van der Waals surface area contributed by atoms with Crippen molar-refractivity contribution in [3.63, 3.8) is 0 Å². The number of carbonyl (C=O) groups excluding carboxylic acids is 1. The number of carbonyl (C=O) groups is 2. The van der Waals surface area contributed by atoms with Gasteiger partial charge in [0.05, 0.1) is 5.69 Å². The van der Waals surface area contributed by atoms with E-state index in [-0.39, 0.29) is 12.4 Å². The predicted octanol–water partition coefficient (Wildman–Crippen LogP) is 1.62. The van der Waals surface area contributed by atoms with Gasteiger partial charge in [-0.1, -0.05) is 19.3 Å². The summed E-state index contributed by atoms with van der Waals surface area (Å²) in [7, 11) is 0. The molecule has 2 aliphatic rings. The van der Waals surface area contributed by atoms with E-state index in [0.29, 0.717) is 12.5 Å². The average Bonchev–Trinajstić information content (AvgIpc) is 2.95. The molecule has 0 saturated heterocycles. The first kappa shape index (κ1) is 18.4. The highest BCUT2D eigenvalue weighted by Gasteiger charge is 2.21. The van der Waals surface area contributed by atoms with Gasteiger partial charge in [0.15, 0.2) is 0 Å². The standard InChI is InChI=1S/C16H26N4O.CH2O2/c1-12-14-11-20(9-7-15(14)19-18-12)10-8-16(21)17-13-5-3-2-4-6-13;2-1-3/h13H,2-11H2,1H3,(H,17,21)(H,18,19);1H,(H,2,3).